The van der Waals surface area contributed by atoms with Crippen LogP contribution in [0.25, 0.3) is 5.57 Å². The van der Waals surface area contributed by atoms with Gasteiger partial charge in [0.1, 0.15) is 18.0 Å². The fourth-order valence-electron chi connectivity index (χ4n) is 4.31. The van der Waals surface area contributed by atoms with E-state index in [1.807, 2.05) is 23.1 Å². The van der Waals surface area contributed by atoms with Crippen LogP contribution in [0.2, 0.25) is 0 Å². The van der Waals surface area contributed by atoms with Crippen LogP contribution in [-0.4, -0.2) is 66.6 Å². The molecule has 10 nitrogen and oxygen atoms in total. The molecule has 33 heavy (non-hydrogen) atoms. The number of hydrogen-bond donors (Lipinski definition) is 2. The molecular formula is C23H26N6O4. The van der Waals surface area contributed by atoms with E-state index < -0.39 is 0 Å². The van der Waals surface area contributed by atoms with Crippen LogP contribution in [0, 0.1) is 0 Å². The highest BCUT2D eigenvalue weighted by Gasteiger charge is 2.32. The summed E-state index contributed by atoms with van der Waals surface area (Å²) in [5.74, 6) is 2.32. The van der Waals surface area contributed by atoms with Crippen LogP contribution in [0.15, 0.2) is 30.7 Å². The molecule has 4 aliphatic rings. The van der Waals surface area contributed by atoms with Gasteiger partial charge in [-0.1, -0.05) is 0 Å². The van der Waals surface area contributed by atoms with Gasteiger partial charge < -0.3 is 29.9 Å². The molecule has 0 radical (unpaired) electrons. The van der Waals surface area contributed by atoms with E-state index in [1.165, 1.54) is 6.33 Å². The molecular weight excluding hydrogens is 424 g/mol. The number of rotatable bonds is 1. The quantitative estimate of drug-likeness (QED) is 0.680. The minimum absolute atomic E-state index is 0.157. The lowest BCUT2D eigenvalue weighted by Crippen LogP contribution is -2.49. The molecule has 1 fully saturated rings. The van der Waals surface area contributed by atoms with Crippen LogP contribution >= 0.6 is 0 Å². The first kappa shape index (κ1) is 21.0. The number of anilines is 3. The number of carbonyl (C=O) groups excluding carboxylic acids is 2. The first-order valence-electron chi connectivity index (χ1n) is 11.1. The van der Waals surface area contributed by atoms with E-state index in [1.54, 1.807) is 13.3 Å². The normalized spacial score (nSPS) is 20.0. The third-order valence-electron chi connectivity index (χ3n) is 6.09. The Morgan fingerprint density at radius 1 is 1.06 bits per heavy atom. The van der Waals surface area contributed by atoms with Crippen molar-refractivity contribution in [2.24, 2.45) is 0 Å². The number of ether oxygens (including phenoxy) is 2. The number of aromatic nitrogens is 2. The monoisotopic (exact) mass is 450 g/mol. The van der Waals surface area contributed by atoms with Crippen molar-refractivity contribution < 1.29 is 19.1 Å². The Morgan fingerprint density at radius 2 is 1.88 bits per heavy atom. The van der Waals surface area contributed by atoms with E-state index in [9.17, 15) is 9.59 Å². The second kappa shape index (κ2) is 8.97. The van der Waals surface area contributed by atoms with E-state index >= 15 is 0 Å². The van der Waals surface area contributed by atoms with Crippen molar-refractivity contribution >= 4 is 34.7 Å². The minimum atomic E-state index is -0.243. The smallest absolute Gasteiger partial charge is 0.259 e. The highest BCUT2D eigenvalue weighted by atomic mass is 16.5. The fraction of sp³-hybridized carbons (Fsp3) is 0.391. The van der Waals surface area contributed by atoms with E-state index in [0.29, 0.717) is 73.5 Å². The molecule has 5 heterocycles. The summed E-state index contributed by atoms with van der Waals surface area (Å²) in [7, 11) is 1.59. The third-order valence-corrected chi connectivity index (χ3v) is 6.09. The molecule has 0 aliphatic carbocycles. The lowest BCUT2D eigenvalue weighted by molar-refractivity contribution is -0.131. The summed E-state index contributed by atoms with van der Waals surface area (Å²) in [6.45, 7) is 3.02. The molecule has 10 heteroatoms. The number of carbonyl (C=O) groups is 2. The zero-order valence-corrected chi connectivity index (χ0v) is 18.5. The molecule has 0 atom stereocenters. The van der Waals surface area contributed by atoms with Crippen LogP contribution in [0.5, 0.6) is 11.5 Å². The lowest BCUT2D eigenvalue weighted by atomic mass is 10.1. The molecule has 2 aromatic rings. The molecule has 6 rings (SSSR count). The zero-order chi connectivity index (χ0) is 22.8. The van der Waals surface area contributed by atoms with Gasteiger partial charge >= 0.3 is 0 Å². The predicted molar refractivity (Wildman–Crippen MR) is 123 cm³/mol. The van der Waals surface area contributed by atoms with Gasteiger partial charge in [0.05, 0.1) is 24.9 Å². The van der Waals surface area contributed by atoms with Crippen LogP contribution in [-0.2, 0) is 9.59 Å². The average molecular weight is 450 g/mol. The Balaban J connectivity index is 1.52. The molecule has 2 N–H and O–H groups in total. The van der Waals surface area contributed by atoms with Crippen LogP contribution in [0.3, 0.4) is 0 Å². The number of nitrogens with zero attached hydrogens (tertiary/aromatic N) is 4. The second-order valence-electron chi connectivity index (χ2n) is 8.12. The predicted octanol–water partition coefficient (Wildman–Crippen LogP) is 2.10. The van der Waals surface area contributed by atoms with Crippen molar-refractivity contribution in [2.45, 2.75) is 19.3 Å². The van der Waals surface area contributed by atoms with Crippen molar-refractivity contribution in [1.82, 2.24) is 14.9 Å². The summed E-state index contributed by atoms with van der Waals surface area (Å²) in [6.07, 6.45) is 5.16. The number of benzene rings is 1. The van der Waals surface area contributed by atoms with Crippen LogP contribution < -0.4 is 25.0 Å². The Labute approximate surface area is 191 Å². The summed E-state index contributed by atoms with van der Waals surface area (Å²) in [5, 5.41) is 6.03. The first-order valence-corrected chi connectivity index (χ1v) is 11.1. The van der Waals surface area contributed by atoms with Gasteiger partial charge in [-0.2, -0.15) is 0 Å². The lowest BCUT2D eigenvalue weighted by Gasteiger charge is -2.36. The van der Waals surface area contributed by atoms with Crippen molar-refractivity contribution in [3.05, 3.63) is 36.3 Å². The molecule has 0 spiro atoms. The van der Waals surface area contributed by atoms with Crippen molar-refractivity contribution in [3.8, 4) is 11.5 Å². The van der Waals surface area contributed by atoms with E-state index in [-0.39, 0.29) is 11.8 Å². The summed E-state index contributed by atoms with van der Waals surface area (Å²) in [4.78, 5) is 38.2. The topological polar surface area (TPSA) is 109 Å². The molecule has 1 aromatic carbocycles. The third kappa shape index (κ3) is 4.15. The van der Waals surface area contributed by atoms with Crippen LogP contribution in [0.1, 0.15) is 24.8 Å². The highest BCUT2D eigenvalue weighted by Crippen LogP contribution is 2.37. The highest BCUT2D eigenvalue weighted by molar-refractivity contribution is 6.32. The Morgan fingerprint density at radius 3 is 2.70 bits per heavy atom. The fourth-order valence-corrected chi connectivity index (χ4v) is 4.31. The first-order chi connectivity index (χ1) is 16.1. The van der Waals surface area contributed by atoms with Gasteiger partial charge in [0.2, 0.25) is 5.91 Å². The van der Waals surface area contributed by atoms with E-state index in [2.05, 4.69) is 25.5 Å². The molecule has 0 saturated carbocycles. The summed E-state index contributed by atoms with van der Waals surface area (Å²) < 4.78 is 11.3. The van der Waals surface area contributed by atoms with Gasteiger partial charge in [-0.05, 0) is 25.0 Å². The average Bonchev–Trinajstić information content (AvgIpc) is 3.17. The largest absolute Gasteiger partial charge is 0.493 e. The van der Waals surface area contributed by atoms with Gasteiger partial charge in [0.25, 0.3) is 5.91 Å². The summed E-state index contributed by atoms with van der Waals surface area (Å²) in [5.41, 5.74) is 1.88. The van der Waals surface area contributed by atoms with Crippen molar-refractivity contribution in [2.75, 3.05) is 55.4 Å². The van der Waals surface area contributed by atoms with Gasteiger partial charge in [-0.3, -0.25) is 9.59 Å². The summed E-state index contributed by atoms with van der Waals surface area (Å²) in [6, 6.07) is 5.50. The molecule has 4 bridgehead atoms. The molecule has 1 saturated heterocycles. The number of amides is 2. The standard InChI is InChI=1S/C23H26N6O4/c1-32-17-6-5-15-12-18(17)33-11-3-2-4-19(30)28-7-9-29(10-8-28)22-20-16(13-24-15)23(31)27-21(20)25-14-26-22/h5-6,12-14,24H,2-4,7-11H2,1H3,(H,25,26,27,31)/b16-13-. The molecule has 2 amide bonds. The maximum Gasteiger partial charge on any atom is 0.259 e. The van der Waals surface area contributed by atoms with Gasteiger partial charge in [-0.25, -0.2) is 9.97 Å². The summed E-state index contributed by atoms with van der Waals surface area (Å²) >= 11 is 0. The maximum atomic E-state index is 12.7. The van der Waals surface area contributed by atoms with E-state index in [4.69, 9.17) is 9.47 Å². The van der Waals surface area contributed by atoms with Gasteiger partial charge in [-0.15, -0.1) is 0 Å². The molecule has 4 aliphatic heterocycles. The van der Waals surface area contributed by atoms with Crippen molar-refractivity contribution in [1.29, 1.82) is 0 Å². The number of hydrogen-bond acceptors (Lipinski definition) is 8. The minimum Gasteiger partial charge on any atom is -0.493 e. The van der Waals surface area contributed by atoms with Gasteiger partial charge in [0.15, 0.2) is 11.5 Å². The van der Waals surface area contributed by atoms with Gasteiger partial charge in [0, 0.05) is 50.6 Å². The number of nitrogens with one attached hydrogen (secondary N) is 2. The zero-order valence-electron chi connectivity index (χ0n) is 18.5. The SMILES string of the molecule is COc1ccc2cc1OCCCCC(=O)N1CCN(CC1)c1ncnc3c1/C(=C/N2)C(=O)N3. The Hall–Kier alpha value is -3.82. The molecule has 1 aromatic heterocycles. The maximum absolute atomic E-state index is 12.7. The Kier molecular flexibility index (Phi) is 5.72. The second-order valence-corrected chi connectivity index (χ2v) is 8.12. The van der Waals surface area contributed by atoms with E-state index in [0.717, 1.165) is 18.5 Å². The number of methoxy groups -OCH3 is 1. The Bertz CT molecular complexity index is 1110. The number of piperazine rings is 1. The van der Waals surface area contributed by atoms with Crippen LogP contribution in [0.4, 0.5) is 17.3 Å². The number of fused-ring (bicyclic) bond motifs is 8. The van der Waals surface area contributed by atoms with Crippen molar-refractivity contribution in [3.63, 3.8) is 0 Å². The molecule has 0 unspecified atom stereocenters. The molecule has 172 valence electrons.